The minimum atomic E-state index is 0.297. The second-order valence-corrected chi connectivity index (χ2v) is 3.83. The van der Waals surface area contributed by atoms with Crippen molar-refractivity contribution in [2.75, 3.05) is 13.2 Å². The van der Waals surface area contributed by atoms with Crippen molar-refractivity contribution in [1.82, 2.24) is 0 Å². The normalized spacial score (nSPS) is 21.9. The summed E-state index contributed by atoms with van der Waals surface area (Å²) in [5, 5.41) is 11.6. The van der Waals surface area contributed by atoms with Gasteiger partial charge in [0.15, 0.2) is 12.8 Å². The van der Waals surface area contributed by atoms with Crippen LogP contribution in [0.25, 0.3) is 0 Å². The molecule has 1 heterocycles. The summed E-state index contributed by atoms with van der Waals surface area (Å²) in [4.78, 5) is 0. The van der Waals surface area contributed by atoms with Crippen molar-refractivity contribution in [2.45, 2.75) is 13.0 Å². The molecule has 3 nitrogen and oxygen atoms in total. The fraction of sp³-hybridized carbons (Fsp3) is 0.417. The summed E-state index contributed by atoms with van der Waals surface area (Å²) in [6.45, 7) is 1.89. The Kier molecular flexibility index (Phi) is 3.35. The highest BCUT2D eigenvalue weighted by atomic mass is 16.5. The van der Waals surface area contributed by atoms with Crippen molar-refractivity contribution in [2.24, 2.45) is 5.92 Å². The fourth-order valence-corrected chi connectivity index (χ4v) is 1.72. The number of ether oxygens (including phenoxy) is 1. The third kappa shape index (κ3) is 3.06. The Morgan fingerprint density at radius 2 is 2.20 bits per heavy atom. The standard InChI is InChI=1S/C12H15NO2/c14-13(9-12-6-7-15-10-12)8-11-4-2-1-3-5-11/h1-5,9,12H,6-8,10H2/b13-9-. The van der Waals surface area contributed by atoms with E-state index in [1.54, 1.807) is 6.21 Å². The number of benzene rings is 1. The predicted octanol–water partition coefficient (Wildman–Crippen LogP) is 1.80. The van der Waals surface area contributed by atoms with Crippen LogP contribution < -0.4 is 0 Å². The van der Waals surface area contributed by atoms with E-state index in [4.69, 9.17) is 4.74 Å². The van der Waals surface area contributed by atoms with Crippen LogP contribution in [-0.2, 0) is 11.3 Å². The zero-order valence-electron chi connectivity index (χ0n) is 8.63. The first-order valence-electron chi connectivity index (χ1n) is 5.25. The lowest BCUT2D eigenvalue weighted by Crippen LogP contribution is -2.12. The Morgan fingerprint density at radius 1 is 1.40 bits per heavy atom. The lowest BCUT2D eigenvalue weighted by molar-refractivity contribution is -0.472. The molecule has 2 rings (SSSR count). The number of hydrogen-bond acceptors (Lipinski definition) is 2. The van der Waals surface area contributed by atoms with Crippen molar-refractivity contribution < 1.29 is 9.48 Å². The van der Waals surface area contributed by atoms with Crippen LogP contribution in [0.3, 0.4) is 0 Å². The van der Waals surface area contributed by atoms with Crippen molar-refractivity contribution in [1.29, 1.82) is 0 Å². The van der Waals surface area contributed by atoms with E-state index in [9.17, 15) is 5.21 Å². The summed E-state index contributed by atoms with van der Waals surface area (Å²) in [6, 6.07) is 9.77. The van der Waals surface area contributed by atoms with Crippen molar-refractivity contribution in [3.63, 3.8) is 0 Å². The van der Waals surface area contributed by atoms with Gasteiger partial charge in [0.25, 0.3) is 0 Å². The van der Waals surface area contributed by atoms with Crippen LogP contribution in [0, 0.1) is 11.1 Å². The smallest absolute Gasteiger partial charge is 0.178 e. The van der Waals surface area contributed by atoms with Gasteiger partial charge in [0.05, 0.1) is 12.5 Å². The van der Waals surface area contributed by atoms with Gasteiger partial charge in [-0.1, -0.05) is 30.3 Å². The molecule has 0 aromatic heterocycles. The first-order chi connectivity index (χ1) is 7.34. The molecule has 1 saturated heterocycles. The Balaban J connectivity index is 1.94. The van der Waals surface area contributed by atoms with E-state index in [-0.39, 0.29) is 0 Å². The molecule has 1 aliphatic heterocycles. The second kappa shape index (κ2) is 4.94. The summed E-state index contributed by atoms with van der Waals surface area (Å²) >= 11 is 0. The average Bonchev–Trinajstić information content (AvgIpc) is 2.71. The minimum Gasteiger partial charge on any atom is -0.624 e. The fourth-order valence-electron chi connectivity index (χ4n) is 1.72. The molecule has 1 aromatic carbocycles. The molecule has 0 radical (unpaired) electrons. The molecule has 1 aromatic rings. The molecule has 0 amide bonds. The van der Waals surface area contributed by atoms with E-state index >= 15 is 0 Å². The van der Waals surface area contributed by atoms with Crippen LogP contribution in [0.1, 0.15) is 12.0 Å². The summed E-state index contributed by atoms with van der Waals surface area (Å²) in [6.07, 6.45) is 2.70. The average molecular weight is 205 g/mol. The van der Waals surface area contributed by atoms with Gasteiger partial charge >= 0.3 is 0 Å². The molecule has 15 heavy (non-hydrogen) atoms. The van der Waals surface area contributed by atoms with Gasteiger partial charge in [-0.2, -0.15) is 0 Å². The molecule has 0 saturated carbocycles. The van der Waals surface area contributed by atoms with Gasteiger partial charge in [0.1, 0.15) is 0 Å². The van der Waals surface area contributed by atoms with Crippen molar-refractivity contribution in [3.8, 4) is 0 Å². The molecule has 80 valence electrons. The number of nitrogens with zero attached hydrogens (tertiary/aromatic N) is 1. The molecule has 0 bridgehead atoms. The Hall–Kier alpha value is -1.35. The van der Waals surface area contributed by atoms with E-state index in [0.29, 0.717) is 19.1 Å². The second-order valence-electron chi connectivity index (χ2n) is 3.83. The van der Waals surface area contributed by atoms with Crippen LogP contribution in [0.15, 0.2) is 30.3 Å². The third-order valence-electron chi connectivity index (χ3n) is 2.52. The summed E-state index contributed by atoms with van der Waals surface area (Å²) < 4.78 is 6.22. The lowest BCUT2D eigenvalue weighted by Gasteiger charge is -2.05. The quantitative estimate of drug-likeness (QED) is 0.326. The Labute approximate surface area is 89.6 Å². The van der Waals surface area contributed by atoms with Crippen molar-refractivity contribution >= 4 is 6.21 Å². The molecule has 1 fully saturated rings. The maximum absolute atomic E-state index is 11.6. The molecule has 1 unspecified atom stereocenters. The van der Waals surface area contributed by atoms with Crippen LogP contribution in [0.5, 0.6) is 0 Å². The number of hydroxylamine groups is 1. The SMILES string of the molecule is [O-]/[N+](=C\C1CCOC1)Cc1ccccc1. The first kappa shape index (κ1) is 10.2. The van der Waals surface area contributed by atoms with Crippen LogP contribution in [0.4, 0.5) is 0 Å². The van der Waals surface area contributed by atoms with Gasteiger partial charge in [-0.15, -0.1) is 0 Å². The van der Waals surface area contributed by atoms with E-state index in [1.165, 1.54) is 0 Å². The maximum atomic E-state index is 11.6. The summed E-state index contributed by atoms with van der Waals surface area (Å²) in [5.74, 6) is 0.297. The van der Waals surface area contributed by atoms with Gasteiger partial charge in [-0.3, -0.25) is 0 Å². The van der Waals surface area contributed by atoms with Gasteiger partial charge < -0.3 is 9.94 Å². The Morgan fingerprint density at radius 3 is 2.87 bits per heavy atom. The maximum Gasteiger partial charge on any atom is 0.178 e. The van der Waals surface area contributed by atoms with Crippen LogP contribution in [-0.4, -0.2) is 24.2 Å². The molecule has 0 spiro atoms. The number of hydrogen-bond donors (Lipinski definition) is 0. The molecule has 1 aliphatic rings. The predicted molar refractivity (Wildman–Crippen MR) is 58.8 cm³/mol. The van der Waals surface area contributed by atoms with E-state index < -0.39 is 0 Å². The molecule has 1 atom stereocenters. The monoisotopic (exact) mass is 205 g/mol. The van der Waals surface area contributed by atoms with Crippen molar-refractivity contribution in [3.05, 3.63) is 41.1 Å². The van der Waals surface area contributed by atoms with Gasteiger partial charge in [-0.05, 0) is 6.42 Å². The third-order valence-corrected chi connectivity index (χ3v) is 2.52. The number of rotatable bonds is 3. The van der Waals surface area contributed by atoms with Gasteiger partial charge in [-0.25, -0.2) is 4.74 Å². The van der Waals surface area contributed by atoms with Crippen LogP contribution in [0.2, 0.25) is 0 Å². The highest BCUT2D eigenvalue weighted by molar-refractivity contribution is 5.55. The van der Waals surface area contributed by atoms with Gasteiger partial charge in [0.2, 0.25) is 0 Å². The summed E-state index contributed by atoms with van der Waals surface area (Å²) in [5.41, 5.74) is 1.04. The summed E-state index contributed by atoms with van der Waals surface area (Å²) in [7, 11) is 0. The molecular weight excluding hydrogens is 190 g/mol. The minimum absolute atomic E-state index is 0.297. The Bertz CT molecular complexity index is 329. The highest BCUT2D eigenvalue weighted by Gasteiger charge is 2.16. The zero-order valence-corrected chi connectivity index (χ0v) is 8.63. The molecular formula is C12H15NO2. The lowest BCUT2D eigenvalue weighted by atomic mass is 10.1. The highest BCUT2D eigenvalue weighted by Crippen LogP contribution is 2.09. The molecule has 0 aliphatic carbocycles. The molecule has 0 N–H and O–H groups in total. The van der Waals surface area contributed by atoms with Gasteiger partial charge in [0, 0.05) is 12.2 Å². The largest absolute Gasteiger partial charge is 0.624 e. The topological polar surface area (TPSA) is 35.3 Å². The van der Waals surface area contributed by atoms with E-state index in [1.807, 2.05) is 30.3 Å². The molecule has 3 heteroatoms. The zero-order chi connectivity index (χ0) is 10.5. The first-order valence-corrected chi connectivity index (χ1v) is 5.25. The van der Waals surface area contributed by atoms with E-state index in [0.717, 1.165) is 23.3 Å². The van der Waals surface area contributed by atoms with Crippen LogP contribution >= 0.6 is 0 Å². The van der Waals surface area contributed by atoms with E-state index in [2.05, 4.69) is 0 Å².